The molecule has 2 fully saturated rings. The molecule has 0 spiro atoms. The average Bonchev–Trinajstić information content (AvgIpc) is 3.08. The topological polar surface area (TPSA) is 90.0 Å². The van der Waals surface area contributed by atoms with Gasteiger partial charge in [-0.25, -0.2) is 4.79 Å². The molecular formula is C13H21N3O4. The van der Waals surface area contributed by atoms with E-state index < -0.39 is 18.0 Å². The lowest BCUT2D eigenvalue weighted by Crippen LogP contribution is -2.52. The third kappa shape index (κ3) is 3.61. The molecule has 0 radical (unpaired) electrons. The molecule has 1 heterocycles. The summed E-state index contributed by atoms with van der Waals surface area (Å²) < 4.78 is 0. The third-order valence-electron chi connectivity index (χ3n) is 3.68. The fraction of sp³-hybridized carbons (Fsp3) is 0.769. The van der Waals surface area contributed by atoms with Crippen molar-refractivity contribution in [3.63, 3.8) is 0 Å². The quantitative estimate of drug-likeness (QED) is 0.757. The molecule has 20 heavy (non-hydrogen) atoms. The molecule has 112 valence electrons. The van der Waals surface area contributed by atoms with Crippen LogP contribution < -0.4 is 5.32 Å². The molecule has 7 nitrogen and oxygen atoms in total. The first-order chi connectivity index (χ1) is 9.49. The first-order valence-electron chi connectivity index (χ1n) is 7.06. The van der Waals surface area contributed by atoms with Crippen molar-refractivity contribution in [2.75, 3.05) is 19.6 Å². The number of carbonyl (C=O) groups is 3. The summed E-state index contributed by atoms with van der Waals surface area (Å²) in [6.45, 7) is 2.80. The molecule has 2 rings (SSSR count). The van der Waals surface area contributed by atoms with Crippen molar-refractivity contribution in [2.45, 2.75) is 44.7 Å². The van der Waals surface area contributed by atoms with Gasteiger partial charge in [0, 0.05) is 19.1 Å². The van der Waals surface area contributed by atoms with Crippen LogP contribution in [0.3, 0.4) is 0 Å². The average molecular weight is 283 g/mol. The summed E-state index contributed by atoms with van der Waals surface area (Å²) >= 11 is 0. The van der Waals surface area contributed by atoms with Gasteiger partial charge in [0.1, 0.15) is 12.6 Å². The third-order valence-corrected chi connectivity index (χ3v) is 3.68. The summed E-state index contributed by atoms with van der Waals surface area (Å²) in [6, 6.07) is -1.08. The predicted octanol–water partition coefficient (Wildman–Crippen LogP) is 0.256. The van der Waals surface area contributed by atoms with Gasteiger partial charge < -0.3 is 20.2 Å². The van der Waals surface area contributed by atoms with Gasteiger partial charge in [-0.1, -0.05) is 0 Å². The van der Waals surface area contributed by atoms with Gasteiger partial charge in [-0.15, -0.1) is 0 Å². The minimum Gasteiger partial charge on any atom is -0.480 e. The smallest absolute Gasteiger partial charge is 0.323 e. The highest BCUT2D eigenvalue weighted by Gasteiger charge is 2.35. The number of aliphatic carboxylic acids is 1. The van der Waals surface area contributed by atoms with Crippen molar-refractivity contribution in [1.82, 2.24) is 15.1 Å². The number of carboxylic acids is 1. The van der Waals surface area contributed by atoms with Gasteiger partial charge in [-0.2, -0.15) is 0 Å². The van der Waals surface area contributed by atoms with Crippen LogP contribution in [0.5, 0.6) is 0 Å². The number of likely N-dealkylation sites (tertiary alicyclic amines) is 1. The Morgan fingerprint density at radius 2 is 1.90 bits per heavy atom. The van der Waals surface area contributed by atoms with Crippen LogP contribution in [0.1, 0.15) is 32.6 Å². The molecule has 0 aromatic heterocycles. The Hall–Kier alpha value is -1.79. The molecule has 2 aliphatic rings. The Labute approximate surface area is 117 Å². The molecular weight excluding hydrogens is 262 g/mol. The predicted molar refractivity (Wildman–Crippen MR) is 71.2 cm³/mol. The van der Waals surface area contributed by atoms with E-state index in [1.165, 1.54) is 4.90 Å². The fourth-order valence-corrected chi connectivity index (χ4v) is 2.44. The number of rotatable bonds is 5. The summed E-state index contributed by atoms with van der Waals surface area (Å²) in [5, 5.41) is 11.4. The first-order valence-corrected chi connectivity index (χ1v) is 7.06. The van der Waals surface area contributed by atoms with Gasteiger partial charge in [0.2, 0.25) is 5.91 Å². The summed E-state index contributed by atoms with van der Waals surface area (Å²) in [6.07, 6.45) is 3.66. The molecule has 1 saturated carbocycles. The van der Waals surface area contributed by atoms with E-state index in [0.717, 1.165) is 38.8 Å². The number of hydrogen-bond donors (Lipinski definition) is 2. The zero-order chi connectivity index (χ0) is 14.7. The highest BCUT2D eigenvalue weighted by Crippen LogP contribution is 2.26. The molecule has 3 amide bonds. The van der Waals surface area contributed by atoms with Gasteiger partial charge in [0.25, 0.3) is 0 Å². The number of nitrogens with one attached hydrogen (secondary N) is 1. The monoisotopic (exact) mass is 283 g/mol. The number of amides is 3. The lowest BCUT2D eigenvalue weighted by atomic mass is 10.3. The number of carboxylic acid groups (broad SMARTS) is 1. The first kappa shape index (κ1) is 14.6. The second-order valence-corrected chi connectivity index (χ2v) is 5.46. The second kappa shape index (κ2) is 6.11. The minimum atomic E-state index is -1.04. The Morgan fingerprint density at radius 1 is 1.30 bits per heavy atom. The Morgan fingerprint density at radius 3 is 2.40 bits per heavy atom. The van der Waals surface area contributed by atoms with Crippen LogP contribution in [0.25, 0.3) is 0 Å². The standard InChI is InChI=1S/C13H21N3O4/c1-9(12(19)15-6-2-3-7-15)14-13(20)16(8-11(17)18)10-4-5-10/h9-10H,2-8H2,1H3,(H,14,20)(H,17,18). The molecule has 0 aromatic rings. The number of hydrogen-bond acceptors (Lipinski definition) is 3. The van der Waals surface area contributed by atoms with E-state index in [1.807, 2.05) is 0 Å². The summed E-state index contributed by atoms with van der Waals surface area (Å²) in [5.41, 5.74) is 0. The molecule has 1 atom stereocenters. The van der Waals surface area contributed by atoms with Gasteiger partial charge >= 0.3 is 12.0 Å². The molecule has 2 N–H and O–H groups in total. The highest BCUT2D eigenvalue weighted by atomic mass is 16.4. The van der Waals surface area contributed by atoms with Crippen LogP contribution in [0, 0.1) is 0 Å². The Kier molecular flexibility index (Phi) is 4.46. The summed E-state index contributed by atoms with van der Waals surface area (Å²) in [7, 11) is 0. The Bertz CT molecular complexity index is 402. The molecule has 0 aromatic carbocycles. The van der Waals surface area contributed by atoms with Gasteiger partial charge in [0.05, 0.1) is 0 Å². The molecule has 0 bridgehead atoms. The molecule has 1 unspecified atom stereocenters. The minimum absolute atomic E-state index is 0.000175. The second-order valence-electron chi connectivity index (χ2n) is 5.46. The number of nitrogens with zero attached hydrogens (tertiary/aromatic N) is 2. The van der Waals surface area contributed by atoms with Crippen LogP contribution in [0.4, 0.5) is 4.79 Å². The molecule has 7 heteroatoms. The van der Waals surface area contributed by atoms with Crippen molar-refractivity contribution >= 4 is 17.9 Å². The van der Waals surface area contributed by atoms with Crippen LogP contribution in [0.2, 0.25) is 0 Å². The lowest BCUT2D eigenvalue weighted by Gasteiger charge is -2.25. The number of carbonyl (C=O) groups excluding carboxylic acids is 2. The normalized spacial score (nSPS) is 19.6. The van der Waals surface area contributed by atoms with Crippen molar-refractivity contribution in [2.24, 2.45) is 0 Å². The van der Waals surface area contributed by atoms with Crippen molar-refractivity contribution in [3.8, 4) is 0 Å². The molecule has 1 aliphatic heterocycles. The van der Waals surface area contributed by atoms with E-state index in [2.05, 4.69) is 5.32 Å². The van der Waals surface area contributed by atoms with Crippen molar-refractivity contribution < 1.29 is 19.5 Å². The van der Waals surface area contributed by atoms with E-state index in [0.29, 0.717) is 0 Å². The van der Waals surface area contributed by atoms with E-state index in [4.69, 9.17) is 5.11 Å². The van der Waals surface area contributed by atoms with Crippen LogP contribution in [0.15, 0.2) is 0 Å². The van der Waals surface area contributed by atoms with E-state index in [1.54, 1.807) is 11.8 Å². The summed E-state index contributed by atoms with van der Waals surface area (Å²) in [4.78, 5) is 38.0. The molecule has 1 aliphatic carbocycles. The Balaban J connectivity index is 1.88. The largest absolute Gasteiger partial charge is 0.480 e. The maximum atomic E-state index is 12.1. The van der Waals surface area contributed by atoms with Gasteiger partial charge in [-0.05, 0) is 32.6 Å². The maximum Gasteiger partial charge on any atom is 0.323 e. The SMILES string of the molecule is CC(NC(=O)N(CC(=O)O)C1CC1)C(=O)N1CCCC1. The zero-order valence-electron chi connectivity index (χ0n) is 11.7. The molecule has 1 saturated heterocycles. The number of urea groups is 1. The summed E-state index contributed by atoms with van der Waals surface area (Å²) in [5.74, 6) is -1.13. The van der Waals surface area contributed by atoms with Crippen molar-refractivity contribution in [1.29, 1.82) is 0 Å². The van der Waals surface area contributed by atoms with Gasteiger partial charge in [0.15, 0.2) is 0 Å². The zero-order valence-corrected chi connectivity index (χ0v) is 11.7. The van der Waals surface area contributed by atoms with Gasteiger partial charge in [-0.3, -0.25) is 9.59 Å². The van der Waals surface area contributed by atoms with Crippen LogP contribution in [-0.2, 0) is 9.59 Å². The van der Waals surface area contributed by atoms with E-state index in [-0.39, 0.29) is 18.5 Å². The highest BCUT2D eigenvalue weighted by molar-refractivity contribution is 5.88. The fourth-order valence-electron chi connectivity index (χ4n) is 2.44. The maximum absolute atomic E-state index is 12.1. The van der Waals surface area contributed by atoms with E-state index in [9.17, 15) is 14.4 Å². The van der Waals surface area contributed by atoms with Crippen LogP contribution >= 0.6 is 0 Å². The van der Waals surface area contributed by atoms with Crippen molar-refractivity contribution in [3.05, 3.63) is 0 Å². The van der Waals surface area contributed by atoms with E-state index >= 15 is 0 Å². The van der Waals surface area contributed by atoms with Crippen LogP contribution in [-0.4, -0.2) is 64.5 Å². The lowest BCUT2D eigenvalue weighted by molar-refractivity contribution is -0.137.